The summed E-state index contributed by atoms with van der Waals surface area (Å²) in [5.74, 6) is 0.670. The smallest absolute Gasteiger partial charge is 0.194 e. The maximum atomic E-state index is 13.3. The van der Waals surface area contributed by atoms with Gasteiger partial charge in [-0.15, -0.1) is 35.3 Å². The lowest BCUT2D eigenvalue weighted by Gasteiger charge is -2.38. The van der Waals surface area contributed by atoms with Crippen molar-refractivity contribution in [1.29, 1.82) is 0 Å². The number of ether oxygens (including phenoxy) is 1. The van der Waals surface area contributed by atoms with E-state index in [1.807, 2.05) is 0 Å². The molecule has 5 nitrogen and oxygen atoms in total. The third-order valence-corrected chi connectivity index (χ3v) is 5.71. The van der Waals surface area contributed by atoms with Gasteiger partial charge in [0.15, 0.2) is 5.96 Å². The van der Waals surface area contributed by atoms with Crippen LogP contribution in [0.2, 0.25) is 0 Å². The lowest BCUT2D eigenvalue weighted by Crippen LogP contribution is -2.50. The Bertz CT molecular complexity index is 783. The zero-order valence-electron chi connectivity index (χ0n) is 17.2. The lowest BCUT2D eigenvalue weighted by atomic mass is 10.1. The van der Waals surface area contributed by atoms with Gasteiger partial charge in [0.1, 0.15) is 11.9 Å². The topological polar surface area (TPSA) is 49.8 Å². The van der Waals surface area contributed by atoms with Gasteiger partial charge in [0, 0.05) is 31.4 Å². The number of guanidine groups is 1. The van der Waals surface area contributed by atoms with Crippen molar-refractivity contribution in [2.75, 3.05) is 26.2 Å². The van der Waals surface area contributed by atoms with E-state index in [1.165, 1.54) is 17.1 Å². The summed E-state index contributed by atoms with van der Waals surface area (Å²) in [5.41, 5.74) is 2.10. The van der Waals surface area contributed by atoms with E-state index in [0.29, 0.717) is 13.1 Å². The molecule has 2 unspecified atom stereocenters. The molecule has 2 heterocycles. The molecule has 8 heteroatoms. The van der Waals surface area contributed by atoms with Crippen molar-refractivity contribution < 1.29 is 9.13 Å². The number of morpholine rings is 1. The first-order valence-corrected chi connectivity index (χ1v) is 10.8. The number of aryl methyl sites for hydroxylation is 1. The van der Waals surface area contributed by atoms with E-state index in [2.05, 4.69) is 41.4 Å². The minimum Gasteiger partial charge on any atom is -0.367 e. The molecule has 1 aliphatic rings. The second-order valence-corrected chi connectivity index (χ2v) is 7.91. The first-order valence-electron chi connectivity index (χ1n) is 9.96. The fraction of sp³-hybridized carbons (Fsp3) is 0.524. The van der Waals surface area contributed by atoms with Gasteiger partial charge in [0.2, 0.25) is 0 Å². The van der Waals surface area contributed by atoms with Crippen LogP contribution < -0.4 is 5.32 Å². The Balaban J connectivity index is 0.00000300. The molecule has 2 aromatic rings. The summed E-state index contributed by atoms with van der Waals surface area (Å²) in [6.07, 6.45) is 1.79. The molecule has 1 aromatic heterocycles. The van der Waals surface area contributed by atoms with Gasteiger partial charge in [-0.2, -0.15) is 0 Å². The van der Waals surface area contributed by atoms with Crippen molar-refractivity contribution in [1.82, 2.24) is 15.2 Å². The molecule has 0 spiro atoms. The minimum absolute atomic E-state index is 0. The number of benzene rings is 1. The van der Waals surface area contributed by atoms with Crippen LogP contribution in [-0.4, -0.2) is 48.1 Å². The normalized spacial score (nSPS) is 19.7. The summed E-state index contributed by atoms with van der Waals surface area (Å²) in [6.45, 7) is 9.24. The molecule has 2 atom stereocenters. The van der Waals surface area contributed by atoms with Gasteiger partial charge in [-0.1, -0.05) is 19.1 Å². The highest BCUT2D eigenvalue weighted by atomic mass is 127. The maximum Gasteiger partial charge on any atom is 0.194 e. The number of rotatable bonds is 6. The number of thiazole rings is 1. The van der Waals surface area contributed by atoms with Crippen LogP contribution in [0.3, 0.4) is 0 Å². The van der Waals surface area contributed by atoms with Crippen molar-refractivity contribution in [3.63, 3.8) is 0 Å². The van der Waals surface area contributed by atoms with Crippen molar-refractivity contribution in [2.45, 2.75) is 45.8 Å². The average Bonchev–Trinajstić information content (AvgIpc) is 3.15. The molecule has 3 rings (SSSR count). The maximum absolute atomic E-state index is 13.3. The molecule has 1 saturated heterocycles. The van der Waals surface area contributed by atoms with Crippen LogP contribution >= 0.6 is 35.3 Å². The van der Waals surface area contributed by atoms with E-state index in [9.17, 15) is 4.39 Å². The molecule has 1 aromatic carbocycles. The van der Waals surface area contributed by atoms with Crippen molar-refractivity contribution in [2.24, 2.45) is 4.99 Å². The quantitative estimate of drug-likeness (QED) is 0.340. The first kappa shape index (κ1) is 24.0. The number of nitrogens with one attached hydrogen (secondary N) is 1. The van der Waals surface area contributed by atoms with Crippen LogP contribution in [-0.2, 0) is 17.6 Å². The summed E-state index contributed by atoms with van der Waals surface area (Å²) in [4.78, 5) is 11.7. The summed E-state index contributed by atoms with van der Waals surface area (Å²) in [5, 5.41) is 6.70. The summed E-state index contributed by atoms with van der Waals surface area (Å²) >= 11 is 1.72. The molecular formula is C21H30FIN4OS. The molecule has 0 bridgehead atoms. The van der Waals surface area contributed by atoms with Gasteiger partial charge in [0.25, 0.3) is 0 Å². The number of aromatic nitrogens is 1. The molecule has 1 N–H and O–H groups in total. The zero-order valence-corrected chi connectivity index (χ0v) is 20.4. The molecule has 0 saturated carbocycles. The highest BCUT2D eigenvalue weighted by molar-refractivity contribution is 14.0. The Labute approximate surface area is 193 Å². The van der Waals surface area contributed by atoms with Gasteiger partial charge < -0.3 is 15.0 Å². The van der Waals surface area contributed by atoms with Crippen LogP contribution in [0.1, 0.15) is 43.1 Å². The number of aliphatic imine (C=N–C) groups is 1. The highest BCUT2D eigenvalue weighted by Crippen LogP contribution is 2.25. The zero-order chi connectivity index (χ0) is 19.9. The van der Waals surface area contributed by atoms with Crippen molar-refractivity contribution >= 4 is 41.3 Å². The van der Waals surface area contributed by atoms with Crippen LogP contribution in [0, 0.1) is 5.82 Å². The second kappa shape index (κ2) is 11.8. The SMILES string of the molecule is CCNC(=NCCc1csc(CC)n1)N1CC(C)OC(c2ccc(F)cc2)C1.I. The molecule has 0 aliphatic carbocycles. The Kier molecular flexibility index (Phi) is 9.78. The standard InChI is InChI=1S/C21H29FN4OS.HI/c1-4-20-25-18(14-28-20)10-11-24-21(23-5-2)26-12-15(3)27-19(13-26)16-6-8-17(22)9-7-16;/h6-9,14-15,19H,4-5,10-13H2,1-3H3,(H,23,24);1H. The van der Waals surface area contributed by atoms with Crippen LogP contribution in [0.5, 0.6) is 0 Å². The van der Waals surface area contributed by atoms with Crippen LogP contribution in [0.4, 0.5) is 4.39 Å². The Morgan fingerprint density at radius 3 is 2.72 bits per heavy atom. The van der Waals surface area contributed by atoms with E-state index >= 15 is 0 Å². The van der Waals surface area contributed by atoms with E-state index in [1.54, 1.807) is 23.5 Å². The predicted molar refractivity (Wildman–Crippen MR) is 128 cm³/mol. The Morgan fingerprint density at radius 1 is 1.31 bits per heavy atom. The second-order valence-electron chi connectivity index (χ2n) is 6.96. The summed E-state index contributed by atoms with van der Waals surface area (Å²) in [7, 11) is 0. The Hall–Kier alpha value is -1.26. The fourth-order valence-electron chi connectivity index (χ4n) is 3.31. The van der Waals surface area contributed by atoms with Crippen molar-refractivity contribution in [3.8, 4) is 0 Å². The third kappa shape index (κ3) is 6.89. The number of hydrogen-bond donors (Lipinski definition) is 1. The first-order chi connectivity index (χ1) is 13.6. The van der Waals surface area contributed by atoms with Crippen molar-refractivity contribution in [3.05, 3.63) is 51.7 Å². The molecule has 0 amide bonds. The molecule has 0 radical (unpaired) electrons. The minimum atomic E-state index is -0.229. The summed E-state index contributed by atoms with van der Waals surface area (Å²) < 4.78 is 19.4. The largest absolute Gasteiger partial charge is 0.367 e. The van der Waals surface area contributed by atoms with Gasteiger partial charge in [-0.25, -0.2) is 9.37 Å². The van der Waals surface area contributed by atoms with E-state index < -0.39 is 0 Å². The molecule has 1 aliphatic heterocycles. The van der Waals surface area contributed by atoms with Gasteiger partial charge in [-0.3, -0.25) is 4.99 Å². The molecule has 1 fully saturated rings. The van der Waals surface area contributed by atoms with E-state index in [-0.39, 0.29) is 42.0 Å². The molecular weight excluding hydrogens is 502 g/mol. The van der Waals surface area contributed by atoms with E-state index in [4.69, 9.17) is 9.73 Å². The van der Waals surface area contributed by atoms with Crippen LogP contribution in [0.25, 0.3) is 0 Å². The fourth-order valence-corrected chi connectivity index (χ4v) is 4.09. The predicted octanol–water partition coefficient (Wildman–Crippen LogP) is 4.43. The van der Waals surface area contributed by atoms with Gasteiger partial charge >= 0.3 is 0 Å². The number of halogens is 2. The Morgan fingerprint density at radius 2 is 2.07 bits per heavy atom. The average molecular weight is 532 g/mol. The highest BCUT2D eigenvalue weighted by Gasteiger charge is 2.28. The number of hydrogen-bond acceptors (Lipinski definition) is 4. The summed E-state index contributed by atoms with van der Waals surface area (Å²) in [6, 6.07) is 6.57. The van der Waals surface area contributed by atoms with Gasteiger partial charge in [-0.05, 0) is 38.0 Å². The van der Waals surface area contributed by atoms with Gasteiger partial charge in [0.05, 0.1) is 23.4 Å². The number of nitrogens with zero attached hydrogens (tertiary/aromatic N) is 3. The lowest BCUT2D eigenvalue weighted by molar-refractivity contribution is -0.0605. The monoisotopic (exact) mass is 532 g/mol. The van der Waals surface area contributed by atoms with E-state index in [0.717, 1.165) is 43.1 Å². The third-order valence-electron chi connectivity index (χ3n) is 4.67. The molecule has 29 heavy (non-hydrogen) atoms. The molecule has 160 valence electrons. The van der Waals surface area contributed by atoms with Crippen LogP contribution in [0.15, 0.2) is 34.6 Å².